The number of hydrogen-bond donors (Lipinski definition) is 4. The molecule has 2 heterocycles. The van der Waals surface area contributed by atoms with Gasteiger partial charge < -0.3 is 45.8 Å². The Balaban J connectivity index is 0.000000337. The molecule has 0 radical (unpaired) electrons. The number of rotatable bonds is 15. The van der Waals surface area contributed by atoms with E-state index in [0.29, 0.717) is 4.90 Å². The molecule has 0 bridgehead atoms. The zero-order valence-electron chi connectivity index (χ0n) is 49.5. The lowest BCUT2D eigenvalue weighted by Crippen LogP contribution is -2.37. The van der Waals surface area contributed by atoms with Crippen molar-refractivity contribution in [2.24, 2.45) is 11.5 Å². The van der Waals surface area contributed by atoms with Crippen LogP contribution in [0, 0.1) is 0 Å². The molecule has 6 rings (SSSR count). The zero-order chi connectivity index (χ0) is 60.8. The second kappa shape index (κ2) is 24.1. The number of hydrogen-bond acceptors (Lipinski definition) is 17. The number of imide groups is 1. The third-order valence-electron chi connectivity index (χ3n) is 8.29. The number of amides is 4. The average molecular weight is 982 g/mol. The first-order valence-electron chi connectivity index (χ1n) is 25.3. The number of cyclic esters (lactones) is 2. The molecule has 0 saturated heterocycles. The number of anilines is 2. The number of ether oxygens (including phenoxy) is 5. The Labute approximate surface area is 405 Å². The van der Waals surface area contributed by atoms with Crippen molar-refractivity contribution in [1.82, 2.24) is 4.90 Å². The summed E-state index contributed by atoms with van der Waals surface area (Å²) in [4.78, 5) is 73.3. The highest BCUT2D eigenvalue weighted by Gasteiger charge is 2.43. The number of nitrogens with zero attached hydrogens (tertiary/aromatic N) is 1. The van der Waals surface area contributed by atoms with E-state index in [-0.39, 0.29) is 76.7 Å². The largest absolute Gasteiger partial charge is 0.493 e. The number of benzene rings is 4. The second-order valence-corrected chi connectivity index (χ2v) is 17.9. The molecule has 362 valence electrons. The number of carbonyl (C=O) groups is 6. The van der Waals surface area contributed by atoms with Gasteiger partial charge in [-0.25, -0.2) is 26.4 Å². The molecule has 2 aliphatic rings. The van der Waals surface area contributed by atoms with Gasteiger partial charge in [-0.2, -0.15) is 0 Å². The van der Waals surface area contributed by atoms with E-state index in [9.17, 15) is 45.6 Å². The van der Waals surface area contributed by atoms with Crippen LogP contribution in [-0.2, 0) is 34.0 Å². The van der Waals surface area contributed by atoms with E-state index in [0.717, 1.165) is 26.4 Å². The van der Waals surface area contributed by atoms with Gasteiger partial charge in [0.25, 0.3) is 11.8 Å². The fourth-order valence-corrected chi connectivity index (χ4v) is 7.49. The smallest absolute Gasteiger partial charge is 0.349 e. The molecule has 6 N–H and O–H groups in total. The van der Waals surface area contributed by atoms with Crippen molar-refractivity contribution in [3.63, 3.8) is 0 Å². The number of carbonyl (C=O) groups excluding carboxylic acids is 6. The monoisotopic (exact) mass is 981 g/mol. The molecule has 4 aromatic rings. The van der Waals surface area contributed by atoms with Crippen LogP contribution < -0.4 is 41.0 Å². The Morgan fingerprint density at radius 1 is 0.672 bits per heavy atom. The van der Waals surface area contributed by atoms with Crippen molar-refractivity contribution in [1.29, 1.82) is 0 Å². The molecule has 0 saturated carbocycles. The van der Waals surface area contributed by atoms with Crippen molar-refractivity contribution < 1.29 is 85.7 Å². The second-order valence-electron chi connectivity index (χ2n) is 13.5. The summed E-state index contributed by atoms with van der Waals surface area (Å²) in [7, 11) is -3.41. The summed E-state index contributed by atoms with van der Waals surface area (Å²) in [6, 6.07) is -9.46. The molecular weight excluding hydrogens is 915 g/mol. The molecule has 0 fully saturated rings. The van der Waals surface area contributed by atoms with E-state index >= 15 is 0 Å². The van der Waals surface area contributed by atoms with Crippen LogP contribution in [0.15, 0.2) is 72.5 Å². The quantitative estimate of drug-likeness (QED) is 0.0740. The molecular formula is C45H55N5O15S2. The number of esters is 2. The Bertz CT molecular complexity index is 3410. The van der Waals surface area contributed by atoms with Gasteiger partial charge in [0.15, 0.2) is 23.0 Å². The van der Waals surface area contributed by atoms with Crippen LogP contribution in [0.2, 0.25) is 0 Å². The molecule has 2 atom stereocenters. The first-order chi connectivity index (χ1) is 36.6. The van der Waals surface area contributed by atoms with Crippen molar-refractivity contribution in [3.05, 3.63) is 106 Å². The summed E-state index contributed by atoms with van der Waals surface area (Å²) in [6.45, 7) is 5.74. The highest BCUT2D eigenvalue weighted by Crippen LogP contribution is 2.39. The van der Waals surface area contributed by atoms with Gasteiger partial charge >= 0.3 is 11.9 Å². The summed E-state index contributed by atoms with van der Waals surface area (Å²) in [5.41, 5.74) is 7.07. The Hall–Kier alpha value is -6.88. The number of nitrogens with two attached hydrogens (primary N) is 2. The molecule has 0 aromatic heterocycles. The summed E-state index contributed by atoms with van der Waals surface area (Å²) < 4.78 is 169. The maximum absolute atomic E-state index is 13.7. The lowest BCUT2D eigenvalue weighted by atomic mass is 10.1. The standard InChI is InChI=1S/C22H24N2O7S.C12H19NO4S.C10H7NO4.CH5N/c1-5-31-19-11-14(9-10-18(19)30-3)17(12-32(4,28)29)24-21(26)15-7-6-8-16(23-13(2)25)20(15)22(24)27;1-4-17-12-7-9(5-6-11(12)16-2)10(13)8-18(3,14)15;1-5(12)11-7-4-2-3-6-8(7)10(14)15-9(6)13;1-2/h6-11,17H,5,12H2,1-4H3,(H,23,25);5-7,10H,4,8,13H2,1-3H3;2-4H,1H3,(H,11,12);2H2,1H3/t17-;10-;;/m11../s1/i6D,7D,8D,9D,10D,11D;5D,6D,7D;2D,3D,4D;. The van der Waals surface area contributed by atoms with Crippen molar-refractivity contribution in [3.8, 4) is 23.0 Å². The Kier molecular flexibility index (Phi) is 13.7. The molecule has 67 heavy (non-hydrogen) atoms. The summed E-state index contributed by atoms with van der Waals surface area (Å²) in [5.74, 6) is -7.76. The summed E-state index contributed by atoms with van der Waals surface area (Å²) in [5, 5.41) is 4.43. The maximum atomic E-state index is 13.7. The van der Waals surface area contributed by atoms with E-state index in [1.54, 1.807) is 13.8 Å². The number of nitrogens with one attached hydrogen (secondary N) is 2. The highest BCUT2D eigenvalue weighted by molar-refractivity contribution is 7.90. The molecule has 0 spiro atoms. The molecule has 20 nitrogen and oxygen atoms in total. The Morgan fingerprint density at radius 2 is 1.13 bits per heavy atom. The van der Waals surface area contributed by atoms with Gasteiger partial charge in [-0.1, -0.05) is 24.2 Å². The van der Waals surface area contributed by atoms with Crippen LogP contribution in [0.3, 0.4) is 0 Å². The molecule has 4 aromatic carbocycles. The lowest BCUT2D eigenvalue weighted by molar-refractivity contribution is -0.115. The maximum Gasteiger partial charge on any atom is 0.349 e. The van der Waals surface area contributed by atoms with Crippen molar-refractivity contribution >= 4 is 66.6 Å². The van der Waals surface area contributed by atoms with Crippen LogP contribution in [0.25, 0.3) is 0 Å². The minimum atomic E-state index is -4.02. The van der Waals surface area contributed by atoms with Crippen LogP contribution in [0.5, 0.6) is 23.0 Å². The summed E-state index contributed by atoms with van der Waals surface area (Å²) in [6.07, 6.45) is 1.83. The number of fused-ring (bicyclic) bond motifs is 2. The molecule has 0 aliphatic carbocycles. The van der Waals surface area contributed by atoms with Crippen LogP contribution >= 0.6 is 0 Å². The van der Waals surface area contributed by atoms with Crippen molar-refractivity contribution in [2.45, 2.75) is 39.8 Å². The van der Waals surface area contributed by atoms with Gasteiger partial charge in [0.2, 0.25) is 11.8 Å². The normalized spacial score (nSPS) is 15.9. The van der Waals surface area contributed by atoms with Crippen LogP contribution in [0.1, 0.15) is 109 Å². The predicted octanol–water partition coefficient (Wildman–Crippen LogP) is 4.10. The van der Waals surface area contributed by atoms with Gasteiger partial charge in [0.1, 0.15) is 19.7 Å². The van der Waals surface area contributed by atoms with E-state index in [1.807, 2.05) is 0 Å². The zero-order valence-corrected chi connectivity index (χ0v) is 39.2. The van der Waals surface area contributed by atoms with Gasteiger partial charge in [-0.15, -0.1) is 0 Å². The SMILES string of the molecule is CN.[2H]c1c([2H])c(NC(C)=O)c2c(c1[2H])C(=O)N([C@H](CS(C)(=O)=O)c1c([2H])c([2H])c(OC)c(OCC)c1[2H])C2=O.[2H]c1c([2H])c(NC(C)=O)c2c(c1[2H])C(=O)OC2=O.[2H]c1c([2H])c([C@H](N)CS(C)(=O)=O)c([2H])c(OCC)c1OC. The first-order valence-corrected chi connectivity index (χ1v) is 23.4. The van der Waals surface area contributed by atoms with Gasteiger partial charge in [-0.05, 0) is 80.4 Å². The van der Waals surface area contributed by atoms with Gasteiger partial charge in [-0.3, -0.25) is 24.1 Å². The average Bonchev–Trinajstić information content (AvgIpc) is 3.98. The summed E-state index contributed by atoms with van der Waals surface area (Å²) >= 11 is 0. The third kappa shape index (κ3) is 14.6. The number of sulfone groups is 2. The molecule has 22 heteroatoms. The molecule has 2 aliphatic heterocycles. The van der Waals surface area contributed by atoms with E-state index in [1.165, 1.54) is 21.3 Å². The van der Waals surface area contributed by atoms with Crippen LogP contribution in [0.4, 0.5) is 11.4 Å². The van der Waals surface area contributed by atoms with E-state index < -0.39 is 156 Å². The number of methoxy groups -OCH3 is 2. The fraction of sp³-hybridized carbons (Fsp3) is 0.333. The van der Waals surface area contributed by atoms with Gasteiger partial charge in [0.05, 0.1) is 95.1 Å². The first kappa shape index (κ1) is 38.2. The molecule has 0 unspecified atom stereocenters. The molecule has 4 amide bonds. The minimum Gasteiger partial charge on any atom is -0.493 e. The van der Waals surface area contributed by atoms with Crippen LogP contribution in [-0.4, -0.2) is 116 Å². The topological polar surface area (TPSA) is 296 Å². The van der Waals surface area contributed by atoms with Gasteiger partial charge in [0, 0.05) is 32.4 Å². The lowest BCUT2D eigenvalue weighted by Gasteiger charge is -2.27. The fourth-order valence-electron chi connectivity index (χ4n) is 5.78. The van der Waals surface area contributed by atoms with E-state index in [4.69, 9.17) is 41.1 Å². The van der Waals surface area contributed by atoms with Crippen molar-refractivity contribution in [2.75, 3.05) is 69.1 Å². The van der Waals surface area contributed by atoms with E-state index in [2.05, 4.69) is 21.1 Å². The third-order valence-corrected chi connectivity index (χ3v) is 10.2. The minimum absolute atomic E-state index is 0.0000454. The highest BCUT2D eigenvalue weighted by atomic mass is 32.2. The predicted molar refractivity (Wildman–Crippen MR) is 249 cm³/mol. The Morgan fingerprint density at radius 3 is 1.60 bits per heavy atom.